The summed E-state index contributed by atoms with van der Waals surface area (Å²) in [5.41, 5.74) is 2.60. The second-order valence-electron chi connectivity index (χ2n) is 4.33. The molecule has 0 aliphatic heterocycles. The molecule has 0 saturated carbocycles. The van der Waals surface area contributed by atoms with Crippen molar-refractivity contribution < 1.29 is 4.92 Å². The Morgan fingerprint density at radius 1 is 1.28 bits per heavy atom. The lowest BCUT2D eigenvalue weighted by atomic mass is 10.1. The minimum Gasteiger partial charge on any atom is -0.370 e. The van der Waals surface area contributed by atoms with Crippen LogP contribution in [0.2, 0.25) is 0 Å². The third kappa shape index (κ3) is 9.45. The highest BCUT2D eigenvalue weighted by atomic mass is 16.6. The summed E-state index contributed by atoms with van der Waals surface area (Å²) in [6.45, 7) is 6.82. The highest BCUT2D eigenvalue weighted by Crippen LogP contribution is 2.05. The quantitative estimate of drug-likeness (QED) is 0.396. The van der Waals surface area contributed by atoms with E-state index in [-0.39, 0.29) is 0 Å². The first-order valence-electron chi connectivity index (χ1n) is 6.01. The molecular formula is C13H23N3O2. The van der Waals surface area contributed by atoms with Crippen molar-refractivity contribution in [2.75, 3.05) is 13.6 Å². The van der Waals surface area contributed by atoms with Crippen molar-refractivity contribution in [3.63, 3.8) is 0 Å². The second kappa shape index (κ2) is 9.27. The molecule has 0 aliphatic rings. The van der Waals surface area contributed by atoms with E-state index < -0.39 is 4.92 Å². The minimum atomic E-state index is -0.482. The molecule has 0 fully saturated rings. The zero-order chi connectivity index (χ0) is 14.0. The molecule has 0 atom stereocenters. The lowest BCUT2D eigenvalue weighted by Gasteiger charge is -2.06. The van der Waals surface area contributed by atoms with E-state index in [4.69, 9.17) is 0 Å². The maximum absolute atomic E-state index is 10.3. The Labute approximate surface area is 109 Å². The molecule has 0 bridgehead atoms. The Kier molecular flexibility index (Phi) is 8.35. The Hall–Kier alpha value is -1.78. The number of hydrogen-bond donors (Lipinski definition) is 2. The molecule has 5 nitrogen and oxygen atoms in total. The summed E-state index contributed by atoms with van der Waals surface area (Å²) in [6, 6.07) is 0. The molecule has 5 heteroatoms. The monoisotopic (exact) mass is 253 g/mol. The minimum absolute atomic E-state index is 0.411. The fraction of sp³-hybridized carbons (Fsp3) is 0.538. The normalized spacial score (nSPS) is 12.0. The van der Waals surface area contributed by atoms with Crippen LogP contribution in [0.15, 0.2) is 35.3 Å². The van der Waals surface area contributed by atoms with Gasteiger partial charge >= 0.3 is 0 Å². The van der Waals surface area contributed by atoms with Gasteiger partial charge in [0.1, 0.15) is 0 Å². The van der Waals surface area contributed by atoms with Crippen molar-refractivity contribution >= 4 is 0 Å². The van der Waals surface area contributed by atoms with Gasteiger partial charge in [-0.3, -0.25) is 10.1 Å². The van der Waals surface area contributed by atoms with Gasteiger partial charge in [-0.05, 0) is 33.6 Å². The number of rotatable bonds is 8. The van der Waals surface area contributed by atoms with Crippen LogP contribution in [0.1, 0.15) is 33.6 Å². The summed E-state index contributed by atoms with van der Waals surface area (Å²) in [7, 11) is 1.65. The number of nitro groups is 1. The fourth-order valence-electron chi connectivity index (χ4n) is 1.33. The molecule has 0 unspecified atom stereocenters. The van der Waals surface area contributed by atoms with Gasteiger partial charge < -0.3 is 10.6 Å². The van der Waals surface area contributed by atoms with Crippen LogP contribution in [-0.4, -0.2) is 18.5 Å². The Morgan fingerprint density at radius 3 is 2.44 bits per heavy atom. The molecule has 18 heavy (non-hydrogen) atoms. The molecule has 0 aliphatic carbocycles. The van der Waals surface area contributed by atoms with Crippen molar-refractivity contribution in [2.24, 2.45) is 0 Å². The third-order valence-electron chi connectivity index (χ3n) is 2.34. The smallest absolute Gasteiger partial charge is 0.274 e. The first kappa shape index (κ1) is 16.2. The van der Waals surface area contributed by atoms with Gasteiger partial charge in [-0.2, -0.15) is 0 Å². The molecule has 0 amide bonds. The van der Waals surface area contributed by atoms with Crippen molar-refractivity contribution in [3.8, 4) is 0 Å². The maximum atomic E-state index is 10.3. The standard InChI is InChI=1S/C13H23N3O2/c1-11(2)6-5-7-12(3)8-9-15-13(14-4)10-16(17)18/h6,8,10,14-15H,5,7,9H2,1-4H3/b12-8+,13-10-. The van der Waals surface area contributed by atoms with Gasteiger partial charge in [0, 0.05) is 13.6 Å². The fourth-order valence-corrected chi connectivity index (χ4v) is 1.33. The van der Waals surface area contributed by atoms with Crippen molar-refractivity contribution in [3.05, 3.63) is 45.4 Å². The Balaban J connectivity index is 4.06. The summed E-state index contributed by atoms with van der Waals surface area (Å²) in [4.78, 5) is 9.82. The SMILES string of the molecule is CN/C(=C/[N+](=O)[O-])NC/C=C(\C)CCC=C(C)C. The van der Waals surface area contributed by atoms with Crippen molar-refractivity contribution in [1.82, 2.24) is 10.6 Å². The largest absolute Gasteiger partial charge is 0.370 e. The predicted molar refractivity (Wildman–Crippen MR) is 74.6 cm³/mol. The van der Waals surface area contributed by atoms with Gasteiger partial charge in [0.05, 0.1) is 4.92 Å². The first-order chi connectivity index (χ1) is 8.45. The summed E-state index contributed by atoms with van der Waals surface area (Å²) in [5, 5.41) is 16.0. The highest BCUT2D eigenvalue weighted by molar-refractivity contribution is 5.04. The molecule has 2 N–H and O–H groups in total. The molecule has 0 saturated heterocycles. The zero-order valence-corrected chi connectivity index (χ0v) is 11.6. The van der Waals surface area contributed by atoms with E-state index in [9.17, 15) is 10.1 Å². The van der Waals surface area contributed by atoms with Crippen LogP contribution < -0.4 is 10.6 Å². The number of nitrogens with one attached hydrogen (secondary N) is 2. The van der Waals surface area contributed by atoms with Gasteiger partial charge in [0.15, 0.2) is 5.82 Å². The average molecular weight is 253 g/mol. The van der Waals surface area contributed by atoms with Gasteiger partial charge in [-0.1, -0.05) is 23.3 Å². The lowest BCUT2D eigenvalue weighted by molar-refractivity contribution is -0.404. The van der Waals surface area contributed by atoms with E-state index in [1.807, 2.05) is 6.08 Å². The van der Waals surface area contributed by atoms with Crippen LogP contribution in [0.5, 0.6) is 0 Å². The van der Waals surface area contributed by atoms with E-state index in [2.05, 4.69) is 37.5 Å². The van der Waals surface area contributed by atoms with Gasteiger partial charge in [0.25, 0.3) is 6.20 Å². The Morgan fingerprint density at radius 2 is 1.94 bits per heavy atom. The van der Waals surface area contributed by atoms with Gasteiger partial charge in [-0.25, -0.2) is 0 Å². The third-order valence-corrected chi connectivity index (χ3v) is 2.34. The number of nitrogens with zero attached hydrogens (tertiary/aromatic N) is 1. The van der Waals surface area contributed by atoms with E-state index in [1.165, 1.54) is 11.1 Å². The first-order valence-corrected chi connectivity index (χ1v) is 6.01. The highest BCUT2D eigenvalue weighted by Gasteiger charge is 1.97. The van der Waals surface area contributed by atoms with E-state index >= 15 is 0 Å². The molecule has 0 spiro atoms. The molecule has 0 aromatic heterocycles. The summed E-state index contributed by atoms with van der Waals surface area (Å²) >= 11 is 0. The second-order valence-corrected chi connectivity index (χ2v) is 4.33. The van der Waals surface area contributed by atoms with Gasteiger partial charge in [-0.15, -0.1) is 0 Å². The zero-order valence-electron chi connectivity index (χ0n) is 11.6. The summed E-state index contributed by atoms with van der Waals surface area (Å²) < 4.78 is 0. The van der Waals surface area contributed by atoms with Crippen LogP contribution in [0.25, 0.3) is 0 Å². The molecule has 0 heterocycles. The molecule has 0 aromatic carbocycles. The predicted octanol–water partition coefficient (Wildman–Crippen LogP) is 2.56. The van der Waals surface area contributed by atoms with Crippen molar-refractivity contribution in [1.29, 1.82) is 0 Å². The Bertz CT molecular complexity index is 353. The average Bonchev–Trinajstić information content (AvgIpc) is 2.26. The van der Waals surface area contributed by atoms with E-state index in [0.29, 0.717) is 12.4 Å². The lowest BCUT2D eigenvalue weighted by Crippen LogP contribution is -2.24. The number of hydrogen-bond acceptors (Lipinski definition) is 4. The maximum Gasteiger partial charge on any atom is 0.274 e. The molecular weight excluding hydrogens is 230 g/mol. The topological polar surface area (TPSA) is 67.2 Å². The van der Waals surface area contributed by atoms with Crippen molar-refractivity contribution in [2.45, 2.75) is 33.6 Å². The number of allylic oxidation sites excluding steroid dienone is 3. The van der Waals surface area contributed by atoms with Gasteiger partial charge in [0.2, 0.25) is 0 Å². The van der Waals surface area contributed by atoms with E-state index in [1.54, 1.807) is 7.05 Å². The molecule has 0 aromatic rings. The van der Waals surface area contributed by atoms with Crippen LogP contribution in [0.3, 0.4) is 0 Å². The van der Waals surface area contributed by atoms with Crippen LogP contribution in [0.4, 0.5) is 0 Å². The summed E-state index contributed by atoms with van der Waals surface area (Å²) in [6.07, 6.45) is 7.22. The molecule has 0 rings (SSSR count). The van der Waals surface area contributed by atoms with Crippen LogP contribution in [0, 0.1) is 10.1 Å². The molecule has 102 valence electrons. The summed E-state index contributed by atoms with van der Waals surface area (Å²) in [5.74, 6) is 0.411. The van der Waals surface area contributed by atoms with Crippen LogP contribution >= 0.6 is 0 Å². The molecule has 0 radical (unpaired) electrons. The van der Waals surface area contributed by atoms with E-state index in [0.717, 1.165) is 19.0 Å². The van der Waals surface area contributed by atoms with Crippen LogP contribution in [-0.2, 0) is 0 Å².